The van der Waals surface area contributed by atoms with Crippen LogP contribution in [0, 0.1) is 6.92 Å². The zero-order valence-electron chi connectivity index (χ0n) is 10.8. The van der Waals surface area contributed by atoms with Gasteiger partial charge in [0, 0.05) is 19.7 Å². The number of anilines is 1. The molecular weight excluding hydrogens is 214 g/mol. The maximum Gasteiger partial charge on any atom is 0.138 e. The van der Waals surface area contributed by atoms with Crippen LogP contribution in [0.25, 0.3) is 5.65 Å². The van der Waals surface area contributed by atoms with Crippen LogP contribution in [0.15, 0.2) is 18.3 Å². The lowest BCUT2D eigenvalue weighted by Crippen LogP contribution is -2.26. The smallest absolute Gasteiger partial charge is 0.138 e. The van der Waals surface area contributed by atoms with Gasteiger partial charge in [-0.05, 0) is 38.5 Å². The Labute approximate surface area is 101 Å². The Morgan fingerprint density at radius 2 is 2.18 bits per heavy atom. The summed E-state index contributed by atoms with van der Waals surface area (Å²) in [7, 11) is 1.70. The quantitative estimate of drug-likeness (QED) is 0.884. The monoisotopic (exact) mass is 233 g/mol. The number of imidazole rings is 1. The molecule has 0 bridgehead atoms. The molecule has 2 N–H and O–H groups in total. The topological polar surface area (TPSA) is 52.5 Å². The fourth-order valence-electron chi connectivity index (χ4n) is 1.82. The van der Waals surface area contributed by atoms with E-state index in [1.54, 1.807) is 7.11 Å². The van der Waals surface area contributed by atoms with Gasteiger partial charge in [0.25, 0.3) is 0 Å². The molecule has 0 aliphatic heterocycles. The zero-order valence-corrected chi connectivity index (χ0v) is 10.8. The summed E-state index contributed by atoms with van der Waals surface area (Å²) in [5.74, 6) is 0.699. The Kier molecular flexibility index (Phi) is 2.83. The van der Waals surface area contributed by atoms with Crippen molar-refractivity contribution in [3.63, 3.8) is 0 Å². The molecule has 2 aromatic rings. The first-order valence-electron chi connectivity index (χ1n) is 5.71. The molecule has 0 radical (unpaired) electrons. The third-order valence-corrected chi connectivity index (χ3v) is 3.04. The van der Waals surface area contributed by atoms with E-state index in [0.717, 1.165) is 11.3 Å². The van der Waals surface area contributed by atoms with Crippen LogP contribution in [0.1, 0.15) is 25.1 Å². The first-order chi connectivity index (χ1) is 7.93. The van der Waals surface area contributed by atoms with Gasteiger partial charge in [0.05, 0.1) is 11.3 Å². The summed E-state index contributed by atoms with van der Waals surface area (Å²) in [6.07, 6.45) is 2.66. The van der Waals surface area contributed by atoms with E-state index in [4.69, 9.17) is 10.5 Å². The first-order valence-corrected chi connectivity index (χ1v) is 5.71. The lowest BCUT2D eigenvalue weighted by Gasteiger charge is -2.21. The van der Waals surface area contributed by atoms with Crippen LogP contribution in [-0.2, 0) is 11.2 Å². The Bertz CT molecular complexity index is 543. The van der Waals surface area contributed by atoms with Crippen molar-refractivity contribution in [2.75, 3.05) is 12.8 Å². The summed E-state index contributed by atoms with van der Waals surface area (Å²) in [4.78, 5) is 4.56. The number of hydrogen-bond acceptors (Lipinski definition) is 3. The number of rotatable bonds is 3. The van der Waals surface area contributed by atoms with Gasteiger partial charge in [-0.3, -0.25) is 4.40 Å². The van der Waals surface area contributed by atoms with Crippen molar-refractivity contribution in [1.29, 1.82) is 0 Å². The maximum atomic E-state index is 6.10. The van der Waals surface area contributed by atoms with Crippen molar-refractivity contribution in [1.82, 2.24) is 9.38 Å². The molecule has 0 amide bonds. The molecule has 4 heteroatoms. The minimum atomic E-state index is -0.249. The molecule has 17 heavy (non-hydrogen) atoms. The highest BCUT2D eigenvalue weighted by Gasteiger charge is 2.21. The molecule has 0 aliphatic carbocycles. The van der Waals surface area contributed by atoms with Crippen LogP contribution < -0.4 is 5.73 Å². The second-order valence-electron chi connectivity index (χ2n) is 5.02. The predicted molar refractivity (Wildman–Crippen MR) is 69.1 cm³/mol. The van der Waals surface area contributed by atoms with Gasteiger partial charge < -0.3 is 10.5 Å². The standard InChI is InChI=1S/C13H19N3O/c1-9-5-6-16-11(7-9)15-10(12(16)14)8-13(2,3)17-4/h5-7H,8,14H2,1-4H3. The first kappa shape index (κ1) is 11.9. The van der Waals surface area contributed by atoms with Gasteiger partial charge in [0.2, 0.25) is 0 Å². The molecule has 0 aliphatic rings. The molecule has 0 aromatic carbocycles. The van der Waals surface area contributed by atoms with Crippen LogP contribution in [0.3, 0.4) is 0 Å². The molecule has 0 unspecified atom stereocenters. The Morgan fingerprint density at radius 3 is 2.82 bits per heavy atom. The Hall–Kier alpha value is -1.55. The number of ether oxygens (including phenoxy) is 1. The van der Waals surface area contributed by atoms with Crippen molar-refractivity contribution in [3.05, 3.63) is 29.6 Å². The number of nitrogens with zero attached hydrogens (tertiary/aromatic N) is 2. The Balaban J connectivity index is 2.45. The van der Waals surface area contributed by atoms with E-state index >= 15 is 0 Å². The number of nitrogen functional groups attached to an aromatic ring is 1. The number of aromatic nitrogens is 2. The summed E-state index contributed by atoms with van der Waals surface area (Å²) < 4.78 is 7.32. The van der Waals surface area contributed by atoms with Gasteiger partial charge in [0.1, 0.15) is 11.5 Å². The zero-order chi connectivity index (χ0) is 12.6. The molecule has 0 fully saturated rings. The van der Waals surface area contributed by atoms with Crippen molar-refractivity contribution in [2.24, 2.45) is 0 Å². The second kappa shape index (κ2) is 4.04. The molecule has 2 rings (SSSR count). The van der Waals surface area contributed by atoms with E-state index in [1.807, 2.05) is 43.5 Å². The van der Waals surface area contributed by atoms with Gasteiger partial charge >= 0.3 is 0 Å². The number of pyridine rings is 1. The minimum Gasteiger partial charge on any atom is -0.383 e. The highest BCUT2D eigenvalue weighted by atomic mass is 16.5. The van der Waals surface area contributed by atoms with Crippen LogP contribution >= 0.6 is 0 Å². The summed E-state index contributed by atoms with van der Waals surface area (Å²) in [6.45, 7) is 6.10. The second-order valence-corrected chi connectivity index (χ2v) is 5.02. The summed E-state index contributed by atoms with van der Waals surface area (Å²) >= 11 is 0. The molecule has 4 nitrogen and oxygen atoms in total. The fraction of sp³-hybridized carbons (Fsp3) is 0.462. The maximum absolute atomic E-state index is 6.10. The van der Waals surface area contributed by atoms with Crippen molar-refractivity contribution in [2.45, 2.75) is 32.8 Å². The van der Waals surface area contributed by atoms with Crippen molar-refractivity contribution >= 4 is 11.5 Å². The predicted octanol–water partition coefficient (Wildman–Crippen LogP) is 2.19. The molecule has 2 heterocycles. The molecule has 0 spiro atoms. The molecule has 2 aromatic heterocycles. The van der Waals surface area contributed by atoms with Crippen molar-refractivity contribution in [3.8, 4) is 0 Å². The average molecular weight is 233 g/mol. The van der Waals surface area contributed by atoms with Gasteiger partial charge in [-0.2, -0.15) is 0 Å². The molecular formula is C13H19N3O. The van der Waals surface area contributed by atoms with Gasteiger partial charge in [-0.15, -0.1) is 0 Å². The minimum absolute atomic E-state index is 0.249. The van der Waals surface area contributed by atoms with E-state index in [2.05, 4.69) is 4.98 Å². The number of methoxy groups -OCH3 is 1. The van der Waals surface area contributed by atoms with Crippen molar-refractivity contribution < 1.29 is 4.74 Å². The third kappa shape index (κ3) is 2.26. The lowest BCUT2D eigenvalue weighted by molar-refractivity contribution is 0.0226. The number of aryl methyl sites for hydroxylation is 1. The van der Waals surface area contributed by atoms with E-state index < -0.39 is 0 Å². The number of fused-ring (bicyclic) bond motifs is 1. The average Bonchev–Trinajstić information content (AvgIpc) is 2.55. The molecule has 0 saturated heterocycles. The van der Waals surface area contributed by atoms with Crippen LogP contribution in [0.2, 0.25) is 0 Å². The van der Waals surface area contributed by atoms with E-state index in [9.17, 15) is 0 Å². The number of nitrogens with two attached hydrogens (primary N) is 1. The summed E-state index contributed by atoms with van der Waals surface area (Å²) in [5.41, 5.74) is 8.81. The summed E-state index contributed by atoms with van der Waals surface area (Å²) in [5, 5.41) is 0. The Morgan fingerprint density at radius 1 is 1.47 bits per heavy atom. The van der Waals surface area contributed by atoms with E-state index in [0.29, 0.717) is 12.2 Å². The highest BCUT2D eigenvalue weighted by molar-refractivity contribution is 5.54. The van der Waals surface area contributed by atoms with Gasteiger partial charge in [-0.1, -0.05) is 0 Å². The fourth-order valence-corrected chi connectivity index (χ4v) is 1.82. The van der Waals surface area contributed by atoms with E-state index in [-0.39, 0.29) is 5.60 Å². The number of hydrogen-bond donors (Lipinski definition) is 1. The van der Waals surface area contributed by atoms with Gasteiger partial charge in [-0.25, -0.2) is 4.98 Å². The van der Waals surface area contributed by atoms with Crippen LogP contribution in [-0.4, -0.2) is 22.1 Å². The summed E-state index contributed by atoms with van der Waals surface area (Å²) in [6, 6.07) is 4.05. The third-order valence-electron chi connectivity index (χ3n) is 3.04. The van der Waals surface area contributed by atoms with Crippen LogP contribution in [0.5, 0.6) is 0 Å². The lowest BCUT2D eigenvalue weighted by atomic mass is 10.0. The normalized spacial score (nSPS) is 12.2. The SMILES string of the molecule is COC(C)(C)Cc1nc2cc(C)ccn2c1N. The molecule has 92 valence electrons. The van der Waals surface area contributed by atoms with Crippen LogP contribution in [0.4, 0.5) is 5.82 Å². The highest BCUT2D eigenvalue weighted by Crippen LogP contribution is 2.22. The molecule has 0 atom stereocenters. The van der Waals surface area contributed by atoms with Gasteiger partial charge in [0.15, 0.2) is 0 Å². The molecule has 0 saturated carbocycles. The van der Waals surface area contributed by atoms with E-state index in [1.165, 1.54) is 5.56 Å². The largest absolute Gasteiger partial charge is 0.383 e.